The number of amides is 1. The van der Waals surface area contributed by atoms with Crippen LogP contribution in [0.25, 0.3) is 10.8 Å². The molecule has 150 valence electrons. The molecule has 7 heteroatoms. The minimum atomic E-state index is -0.102. The van der Waals surface area contributed by atoms with Crippen LogP contribution in [0.15, 0.2) is 42.7 Å². The van der Waals surface area contributed by atoms with Crippen LogP contribution >= 0.6 is 11.3 Å². The molecule has 0 atom stereocenters. The summed E-state index contributed by atoms with van der Waals surface area (Å²) < 4.78 is 0. The van der Waals surface area contributed by atoms with Crippen molar-refractivity contribution < 1.29 is 4.79 Å². The van der Waals surface area contributed by atoms with Gasteiger partial charge in [-0.15, -0.1) is 11.3 Å². The predicted octanol–water partition coefficient (Wildman–Crippen LogP) is 3.82. The first-order valence-corrected chi connectivity index (χ1v) is 10.8. The van der Waals surface area contributed by atoms with E-state index in [9.17, 15) is 4.79 Å². The third-order valence-electron chi connectivity index (χ3n) is 5.16. The van der Waals surface area contributed by atoms with Crippen LogP contribution in [0.3, 0.4) is 0 Å². The summed E-state index contributed by atoms with van der Waals surface area (Å²) in [5.41, 5.74) is 3.16. The van der Waals surface area contributed by atoms with Gasteiger partial charge in [-0.25, -0.2) is 15.0 Å². The Bertz CT molecular complexity index is 966. The molecule has 6 nitrogen and oxygen atoms in total. The van der Waals surface area contributed by atoms with Crippen LogP contribution < -0.4 is 5.32 Å². The SMILES string of the molecule is Cc1nc(-c2ncccn2)sc1C(=O)NCc1ccccc1CN1CCCCC1. The normalized spacial score (nSPS) is 14.7. The molecule has 0 radical (unpaired) electrons. The lowest BCUT2D eigenvalue weighted by molar-refractivity contribution is 0.0954. The Kier molecular flexibility index (Phi) is 6.27. The maximum atomic E-state index is 12.8. The molecule has 0 saturated carbocycles. The zero-order valence-electron chi connectivity index (χ0n) is 16.6. The molecule has 4 rings (SSSR count). The third-order valence-corrected chi connectivity index (χ3v) is 6.31. The molecular weight excluding hydrogens is 382 g/mol. The summed E-state index contributed by atoms with van der Waals surface area (Å²) in [5.74, 6) is 0.446. The van der Waals surface area contributed by atoms with E-state index in [0.29, 0.717) is 27.9 Å². The van der Waals surface area contributed by atoms with E-state index in [-0.39, 0.29) is 5.91 Å². The highest BCUT2D eigenvalue weighted by molar-refractivity contribution is 7.17. The van der Waals surface area contributed by atoms with Crippen molar-refractivity contribution in [2.45, 2.75) is 39.3 Å². The molecule has 0 unspecified atom stereocenters. The van der Waals surface area contributed by atoms with Gasteiger partial charge in [0.1, 0.15) is 4.88 Å². The van der Waals surface area contributed by atoms with Gasteiger partial charge in [0.15, 0.2) is 10.8 Å². The minimum Gasteiger partial charge on any atom is -0.347 e. The molecule has 0 bridgehead atoms. The van der Waals surface area contributed by atoms with Crippen molar-refractivity contribution >= 4 is 17.2 Å². The van der Waals surface area contributed by atoms with Crippen molar-refractivity contribution in [3.05, 3.63) is 64.4 Å². The molecule has 3 heterocycles. The van der Waals surface area contributed by atoms with Gasteiger partial charge in [-0.2, -0.15) is 0 Å². The van der Waals surface area contributed by atoms with Crippen LogP contribution in [0.1, 0.15) is 45.8 Å². The van der Waals surface area contributed by atoms with E-state index in [1.54, 1.807) is 18.5 Å². The molecule has 2 aromatic heterocycles. The predicted molar refractivity (Wildman–Crippen MR) is 115 cm³/mol. The van der Waals surface area contributed by atoms with Crippen LogP contribution in [0.5, 0.6) is 0 Å². The summed E-state index contributed by atoms with van der Waals surface area (Å²) >= 11 is 1.33. The molecule has 0 aliphatic carbocycles. The largest absolute Gasteiger partial charge is 0.347 e. The highest BCUT2D eigenvalue weighted by Crippen LogP contribution is 2.25. The number of thiazole rings is 1. The summed E-state index contributed by atoms with van der Waals surface area (Å²) in [4.78, 5) is 28.8. The Balaban J connectivity index is 1.43. The van der Waals surface area contributed by atoms with Gasteiger partial charge in [-0.3, -0.25) is 9.69 Å². The van der Waals surface area contributed by atoms with Crippen LogP contribution in [-0.2, 0) is 13.1 Å². The second-order valence-corrected chi connectivity index (χ2v) is 8.29. The van der Waals surface area contributed by atoms with Crippen molar-refractivity contribution in [1.82, 2.24) is 25.2 Å². The van der Waals surface area contributed by atoms with E-state index in [1.807, 2.05) is 13.0 Å². The van der Waals surface area contributed by atoms with Gasteiger partial charge in [0, 0.05) is 25.5 Å². The van der Waals surface area contributed by atoms with Gasteiger partial charge in [0.25, 0.3) is 5.91 Å². The number of carbonyl (C=O) groups is 1. The van der Waals surface area contributed by atoms with E-state index in [4.69, 9.17) is 0 Å². The molecular formula is C22H25N5OS. The summed E-state index contributed by atoms with van der Waals surface area (Å²) in [6, 6.07) is 10.1. The number of benzene rings is 1. The van der Waals surface area contributed by atoms with Gasteiger partial charge < -0.3 is 5.32 Å². The Morgan fingerprint density at radius 3 is 2.55 bits per heavy atom. The van der Waals surface area contributed by atoms with Crippen molar-refractivity contribution in [2.75, 3.05) is 13.1 Å². The maximum absolute atomic E-state index is 12.8. The number of nitrogens with zero attached hydrogens (tertiary/aromatic N) is 4. The number of nitrogens with one attached hydrogen (secondary N) is 1. The Hall–Kier alpha value is -2.64. The van der Waals surface area contributed by atoms with E-state index < -0.39 is 0 Å². The molecule has 1 aromatic carbocycles. The average molecular weight is 408 g/mol. The van der Waals surface area contributed by atoms with Crippen LogP contribution in [-0.4, -0.2) is 38.8 Å². The summed E-state index contributed by atoms with van der Waals surface area (Å²) in [6.45, 7) is 5.62. The first-order valence-electron chi connectivity index (χ1n) is 10.0. The van der Waals surface area contributed by atoms with Crippen molar-refractivity contribution in [3.63, 3.8) is 0 Å². The zero-order valence-corrected chi connectivity index (χ0v) is 17.4. The Labute approximate surface area is 175 Å². The minimum absolute atomic E-state index is 0.102. The number of aryl methyl sites for hydroxylation is 1. The highest BCUT2D eigenvalue weighted by Gasteiger charge is 2.18. The fourth-order valence-electron chi connectivity index (χ4n) is 3.61. The van der Waals surface area contributed by atoms with Gasteiger partial charge >= 0.3 is 0 Å². The first-order chi connectivity index (χ1) is 14.2. The van der Waals surface area contributed by atoms with E-state index >= 15 is 0 Å². The van der Waals surface area contributed by atoms with Crippen LogP contribution in [0.4, 0.5) is 0 Å². The molecule has 1 N–H and O–H groups in total. The lowest BCUT2D eigenvalue weighted by atomic mass is 10.0. The van der Waals surface area contributed by atoms with Crippen molar-refractivity contribution in [2.24, 2.45) is 0 Å². The fraction of sp³-hybridized carbons (Fsp3) is 0.364. The smallest absolute Gasteiger partial charge is 0.263 e. The zero-order chi connectivity index (χ0) is 20.1. The second-order valence-electron chi connectivity index (χ2n) is 7.29. The van der Waals surface area contributed by atoms with Crippen molar-refractivity contribution in [3.8, 4) is 10.8 Å². The maximum Gasteiger partial charge on any atom is 0.263 e. The lowest BCUT2D eigenvalue weighted by Crippen LogP contribution is -2.30. The number of piperidine rings is 1. The molecule has 1 aliphatic rings. The summed E-state index contributed by atoms with van der Waals surface area (Å²) in [5, 5.41) is 3.74. The number of likely N-dealkylation sites (tertiary alicyclic amines) is 1. The molecule has 1 saturated heterocycles. The number of hydrogen-bond acceptors (Lipinski definition) is 6. The van der Waals surface area contributed by atoms with Crippen LogP contribution in [0, 0.1) is 6.92 Å². The molecule has 1 amide bonds. The fourth-order valence-corrected chi connectivity index (χ4v) is 4.54. The quantitative estimate of drug-likeness (QED) is 0.673. The topological polar surface area (TPSA) is 71.0 Å². The molecule has 29 heavy (non-hydrogen) atoms. The first kappa shape index (κ1) is 19.7. The number of rotatable bonds is 6. The molecule has 1 fully saturated rings. The summed E-state index contributed by atoms with van der Waals surface area (Å²) in [7, 11) is 0. The lowest BCUT2D eigenvalue weighted by Gasteiger charge is -2.27. The Morgan fingerprint density at radius 1 is 1.07 bits per heavy atom. The van der Waals surface area contributed by atoms with E-state index in [2.05, 4.69) is 43.4 Å². The molecule has 0 spiro atoms. The van der Waals surface area contributed by atoms with Gasteiger partial charge in [-0.05, 0) is 50.0 Å². The van der Waals surface area contributed by atoms with Crippen molar-refractivity contribution in [1.29, 1.82) is 0 Å². The monoisotopic (exact) mass is 407 g/mol. The van der Waals surface area contributed by atoms with Crippen LogP contribution in [0.2, 0.25) is 0 Å². The average Bonchev–Trinajstić information content (AvgIpc) is 3.16. The molecule has 1 aliphatic heterocycles. The number of carbonyl (C=O) groups excluding carboxylic acids is 1. The number of aromatic nitrogens is 3. The highest BCUT2D eigenvalue weighted by atomic mass is 32.1. The second kappa shape index (κ2) is 9.24. The Morgan fingerprint density at radius 2 is 1.79 bits per heavy atom. The molecule has 3 aromatic rings. The van der Waals surface area contributed by atoms with Gasteiger partial charge in [0.05, 0.1) is 5.69 Å². The van der Waals surface area contributed by atoms with Gasteiger partial charge in [0.2, 0.25) is 0 Å². The van der Waals surface area contributed by atoms with E-state index in [0.717, 1.165) is 19.6 Å². The van der Waals surface area contributed by atoms with Gasteiger partial charge in [-0.1, -0.05) is 30.7 Å². The third kappa shape index (κ3) is 4.86. The number of hydrogen-bond donors (Lipinski definition) is 1. The standard InChI is InChI=1S/C22H25N5OS/c1-16-19(29-22(26-16)20-23-10-7-11-24-20)21(28)25-14-17-8-3-4-9-18(17)15-27-12-5-2-6-13-27/h3-4,7-11H,2,5-6,12-15H2,1H3,(H,25,28). The van der Waals surface area contributed by atoms with E-state index in [1.165, 1.54) is 41.7 Å². The summed E-state index contributed by atoms with van der Waals surface area (Å²) in [6.07, 6.45) is 7.24.